The largest absolute Gasteiger partial charge is 0.426 e. The van der Waals surface area contributed by atoms with Gasteiger partial charge >= 0.3 is 5.97 Å². The number of hydrogen-bond donors (Lipinski definition) is 1. The van der Waals surface area contributed by atoms with Crippen LogP contribution in [0.25, 0.3) is 0 Å². The predicted molar refractivity (Wildman–Crippen MR) is 136 cm³/mol. The van der Waals surface area contributed by atoms with Gasteiger partial charge in [-0.05, 0) is 61.1 Å². The Labute approximate surface area is 204 Å². The molecule has 186 valence electrons. The van der Waals surface area contributed by atoms with Gasteiger partial charge in [0.25, 0.3) is 0 Å². The van der Waals surface area contributed by atoms with Crippen molar-refractivity contribution < 1.29 is 17.9 Å². The second-order valence-corrected chi connectivity index (χ2v) is 11.0. The van der Waals surface area contributed by atoms with Crippen molar-refractivity contribution in [2.45, 2.75) is 70.1 Å². The van der Waals surface area contributed by atoms with Crippen LogP contribution < -0.4 is 10.1 Å². The van der Waals surface area contributed by atoms with Crippen molar-refractivity contribution in [3.05, 3.63) is 59.2 Å². The molecule has 0 spiro atoms. The third-order valence-corrected chi connectivity index (χ3v) is 8.36. The summed E-state index contributed by atoms with van der Waals surface area (Å²) < 4.78 is 33.1. The molecule has 1 fully saturated rings. The number of piperazine rings is 1. The SMILES string of the molecule is CCCCCCc1ccc([C@H](CC)C(=O)Oc2ccc(S(=O)(=O)N3CCNCC3)cc2C)cc1. The maximum Gasteiger partial charge on any atom is 0.318 e. The number of nitrogens with zero attached hydrogens (tertiary/aromatic N) is 1. The fraction of sp³-hybridized carbons (Fsp3) is 0.519. The second kappa shape index (κ2) is 12.5. The predicted octanol–water partition coefficient (Wildman–Crippen LogP) is 4.81. The van der Waals surface area contributed by atoms with Crippen molar-refractivity contribution in [1.82, 2.24) is 9.62 Å². The molecule has 1 heterocycles. The first kappa shape index (κ1) is 26.4. The van der Waals surface area contributed by atoms with Gasteiger partial charge in [0, 0.05) is 26.2 Å². The highest BCUT2D eigenvalue weighted by atomic mass is 32.2. The third kappa shape index (κ3) is 6.68. The zero-order valence-electron chi connectivity index (χ0n) is 20.7. The summed E-state index contributed by atoms with van der Waals surface area (Å²) in [5.74, 6) is -0.285. The van der Waals surface area contributed by atoms with Crippen LogP contribution in [0.1, 0.15) is 68.6 Å². The lowest BCUT2D eigenvalue weighted by atomic mass is 9.94. The minimum absolute atomic E-state index is 0.230. The number of ether oxygens (including phenoxy) is 1. The van der Waals surface area contributed by atoms with Gasteiger partial charge in [-0.3, -0.25) is 4.79 Å². The monoisotopic (exact) mass is 486 g/mol. The van der Waals surface area contributed by atoms with Crippen LogP contribution in [-0.2, 0) is 21.2 Å². The molecule has 1 saturated heterocycles. The van der Waals surface area contributed by atoms with Gasteiger partial charge in [-0.2, -0.15) is 4.31 Å². The van der Waals surface area contributed by atoms with Crippen LogP contribution in [0.4, 0.5) is 0 Å². The number of carbonyl (C=O) groups excluding carboxylic acids is 1. The molecule has 2 aromatic rings. The molecule has 1 N–H and O–H groups in total. The Hall–Kier alpha value is -2.22. The molecular weight excluding hydrogens is 448 g/mol. The number of unbranched alkanes of at least 4 members (excludes halogenated alkanes) is 3. The lowest BCUT2D eigenvalue weighted by Crippen LogP contribution is -2.46. The Morgan fingerprint density at radius 2 is 1.74 bits per heavy atom. The molecule has 0 unspecified atom stereocenters. The maximum atomic E-state index is 13.0. The van der Waals surface area contributed by atoms with Gasteiger partial charge in [0.2, 0.25) is 10.0 Å². The van der Waals surface area contributed by atoms with Crippen LogP contribution in [-0.4, -0.2) is 44.9 Å². The Kier molecular flexibility index (Phi) is 9.68. The lowest BCUT2D eigenvalue weighted by molar-refractivity contribution is -0.136. The average molecular weight is 487 g/mol. The van der Waals surface area contributed by atoms with E-state index in [1.807, 2.05) is 19.1 Å². The van der Waals surface area contributed by atoms with E-state index in [1.54, 1.807) is 19.1 Å². The van der Waals surface area contributed by atoms with Gasteiger partial charge in [-0.15, -0.1) is 0 Å². The quantitative estimate of drug-likeness (QED) is 0.280. The summed E-state index contributed by atoms with van der Waals surface area (Å²) in [5, 5.41) is 3.16. The van der Waals surface area contributed by atoms with E-state index in [4.69, 9.17) is 4.74 Å². The van der Waals surface area contributed by atoms with E-state index in [2.05, 4.69) is 24.4 Å². The fourth-order valence-electron chi connectivity index (χ4n) is 4.32. The van der Waals surface area contributed by atoms with Crippen molar-refractivity contribution in [3.63, 3.8) is 0 Å². The molecule has 1 aliphatic rings. The highest BCUT2D eigenvalue weighted by molar-refractivity contribution is 7.89. The van der Waals surface area contributed by atoms with Gasteiger partial charge in [0.1, 0.15) is 5.75 Å². The number of nitrogens with one attached hydrogen (secondary N) is 1. The first-order chi connectivity index (χ1) is 16.4. The smallest absolute Gasteiger partial charge is 0.318 e. The number of carbonyl (C=O) groups is 1. The number of esters is 1. The van der Waals surface area contributed by atoms with Crippen LogP contribution in [0.2, 0.25) is 0 Å². The minimum atomic E-state index is -3.56. The van der Waals surface area contributed by atoms with Crippen molar-refractivity contribution >= 4 is 16.0 Å². The van der Waals surface area contributed by atoms with E-state index < -0.39 is 10.0 Å². The molecule has 0 aliphatic carbocycles. The molecule has 2 aromatic carbocycles. The molecule has 0 aromatic heterocycles. The van der Waals surface area contributed by atoms with Crippen molar-refractivity contribution in [1.29, 1.82) is 0 Å². The molecular formula is C27H38N2O4S. The van der Waals surface area contributed by atoms with E-state index in [-0.39, 0.29) is 16.8 Å². The van der Waals surface area contributed by atoms with Crippen LogP contribution in [0.3, 0.4) is 0 Å². The van der Waals surface area contributed by atoms with Crippen molar-refractivity contribution in [2.24, 2.45) is 0 Å². The summed E-state index contributed by atoms with van der Waals surface area (Å²) in [6, 6.07) is 13.0. The molecule has 1 atom stereocenters. The molecule has 1 aliphatic heterocycles. The first-order valence-electron chi connectivity index (χ1n) is 12.5. The number of aryl methyl sites for hydroxylation is 2. The Morgan fingerprint density at radius 1 is 1.03 bits per heavy atom. The van der Waals surface area contributed by atoms with Crippen LogP contribution in [0.15, 0.2) is 47.4 Å². The van der Waals surface area contributed by atoms with Gasteiger partial charge < -0.3 is 10.1 Å². The van der Waals surface area contributed by atoms with Crippen LogP contribution in [0, 0.1) is 6.92 Å². The zero-order chi connectivity index (χ0) is 24.6. The summed E-state index contributed by atoms with van der Waals surface area (Å²) in [5.41, 5.74) is 2.86. The van der Waals surface area contributed by atoms with E-state index in [0.717, 1.165) is 12.0 Å². The van der Waals surface area contributed by atoms with Crippen molar-refractivity contribution in [2.75, 3.05) is 26.2 Å². The molecule has 34 heavy (non-hydrogen) atoms. The summed E-state index contributed by atoms with van der Waals surface area (Å²) in [6.45, 7) is 8.15. The third-order valence-electron chi connectivity index (χ3n) is 6.46. The molecule has 0 saturated carbocycles. The maximum absolute atomic E-state index is 13.0. The van der Waals surface area contributed by atoms with Gasteiger partial charge in [-0.1, -0.05) is 57.4 Å². The highest BCUT2D eigenvalue weighted by Gasteiger charge is 2.27. The summed E-state index contributed by atoms with van der Waals surface area (Å²) in [6.07, 6.45) is 6.62. The van der Waals surface area contributed by atoms with Gasteiger partial charge in [0.15, 0.2) is 0 Å². The molecule has 6 nitrogen and oxygen atoms in total. The summed E-state index contributed by atoms with van der Waals surface area (Å²) in [4.78, 5) is 13.2. The van der Waals surface area contributed by atoms with Crippen molar-refractivity contribution in [3.8, 4) is 5.75 Å². The standard InChI is InChI=1S/C27H38N2O4S/c1-4-6-7-8-9-22-10-12-23(13-11-22)25(5-2)27(30)33-26-15-14-24(20-21(26)3)34(31,32)29-18-16-28-17-19-29/h10-15,20,25,28H,4-9,16-19H2,1-3H3/t25-/m0/s1. The van der Waals surface area contributed by atoms with Crippen LogP contribution >= 0.6 is 0 Å². The Bertz CT molecular complexity index is 1040. The molecule has 3 rings (SSSR count). The summed E-state index contributed by atoms with van der Waals surface area (Å²) in [7, 11) is -3.56. The number of sulfonamides is 1. The van der Waals surface area contributed by atoms with E-state index in [0.29, 0.717) is 43.9 Å². The van der Waals surface area contributed by atoms with Gasteiger partial charge in [-0.25, -0.2) is 8.42 Å². The van der Waals surface area contributed by atoms with E-state index >= 15 is 0 Å². The molecule has 0 amide bonds. The minimum Gasteiger partial charge on any atom is -0.426 e. The molecule has 7 heteroatoms. The Balaban J connectivity index is 1.66. The lowest BCUT2D eigenvalue weighted by Gasteiger charge is -2.26. The molecule has 0 bridgehead atoms. The number of hydrogen-bond acceptors (Lipinski definition) is 5. The Morgan fingerprint density at radius 3 is 2.35 bits per heavy atom. The fourth-order valence-corrected chi connectivity index (χ4v) is 5.85. The normalized spacial score (nSPS) is 15.7. The highest BCUT2D eigenvalue weighted by Crippen LogP contribution is 2.28. The second-order valence-electron chi connectivity index (χ2n) is 9.02. The molecule has 0 radical (unpaired) electrons. The first-order valence-corrected chi connectivity index (χ1v) is 13.9. The van der Waals surface area contributed by atoms with Gasteiger partial charge in [0.05, 0.1) is 10.8 Å². The van der Waals surface area contributed by atoms with E-state index in [1.165, 1.54) is 41.6 Å². The summed E-state index contributed by atoms with van der Waals surface area (Å²) >= 11 is 0. The van der Waals surface area contributed by atoms with Crippen LogP contribution in [0.5, 0.6) is 5.75 Å². The van der Waals surface area contributed by atoms with E-state index in [9.17, 15) is 13.2 Å². The average Bonchev–Trinajstić information content (AvgIpc) is 2.85. The number of rotatable bonds is 11. The zero-order valence-corrected chi connectivity index (χ0v) is 21.5. The number of benzene rings is 2. The topological polar surface area (TPSA) is 75.7 Å².